The van der Waals surface area contributed by atoms with E-state index in [1.807, 2.05) is 26.8 Å². The molecule has 1 amide bonds. The zero-order valence-corrected chi connectivity index (χ0v) is 25.7. The van der Waals surface area contributed by atoms with Crippen molar-refractivity contribution in [1.82, 2.24) is 0 Å². The molecule has 1 atom stereocenters. The molecule has 0 saturated heterocycles. The molecule has 0 aliphatic heterocycles. The number of esters is 1. The van der Waals surface area contributed by atoms with Gasteiger partial charge < -0.3 is 13.9 Å². The lowest BCUT2D eigenvalue weighted by atomic mass is 9.70. The van der Waals surface area contributed by atoms with E-state index < -0.39 is 26.0 Å². The predicted molar refractivity (Wildman–Crippen MR) is 153 cm³/mol. The van der Waals surface area contributed by atoms with Crippen LogP contribution in [0.3, 0.4) is 0 Å². The first-order chi connectivity index (χ1) is 17.1. The van der Waals surface area contributed by atoms with Crippen molar-refractivity contribution in [2.75, 3.05) is 18.5 Å². The zero-order valence-electron chi connectivity index (χ0n) is 23.9. The summed E-state index contributed by atoms with van der Waals surface area (Å²) >= 11 is 1.45. The minimum atomic E-state index is -1.98. The van der Waals surface area contributed by atoms with Crippen LogP contribution in [0.5, 0.6) is 0 Å². The second-order valence-electron chi connectivity index (χ2n) is 12.4. The van der Waals surface area contributed by atoms with Crippen LogP contribution in [0.15, 0.2) is 30.3 Å². The lowest BCUT2D eigenvalue weighted by molar-refractivity contribution is 0.0526. The third-order valence-corrected chi connectivity index (χ3v) is 13.1. The van der Waals surface area contributed by atoms with E-state index >= 15 is 0 Å². The molecule has 1 heterocycles. The normalized spacial score (nSPS) is 18.2. The molecular formula is C29H43NO5SSi. The van der Waals surface area contributed by atoms with Gasteiger partial charge in [0.2, 0.25) is 0 Å². The summed E-state index contributed by atoms with van der Waals surface area (Å²) in [6.45, 7) is 19.5. The lowest BCUT2D eigenvalue weighted by Gasteiger charge is -2.43. The molecule has 204 valence electrons. The Bertz CT molecular complexity index is 1110. The number of thiophene rings is 1. The molecular weight excluding hydrogens is 502 g/mol. The highest BCUT2D eigenvalue weighted by Crippen LogP contribution is 2.47. The summed E-state index contributed by atoms with van der Waals surface area (Å²) in [4.78, 5) is 26.8. The summed E-state index contributed by atoms with van der Waals surface area (Å²) < 4.78 is 17.7. The van der Waals surface area contributed by atoms with Gasteiger partial charge in [0.25, 0.3) is 0 Å². The molecule has 1 aromatic heterocycles. The number of rotatable bonds is 7. The van der Waals surface area contributed by atoms with Crippen LogP contribution in [0.4, 0.5) is 9.80 Å². The van der Waals surface area contributed by atoms with Crippen LogP contribution >= 0.6 is 11.3 Å². The van der Waals surface area contributed by atoms with Crippen LogP contribution in [0.2, 0.25) is 18.1 Å². The Labute approximate surface area is 227 Å². The van der Waals surface area contributed by atoms with Crippen molar-refractivity contribution < 1.29 is 23.5 Å². The number of amides is 1. The van der Waals surface area contributed by atoms with Crippen LogP contribution in [0.1, 0.15) is 81.2 Å². The zero-order chi connectivity index (χ0) is 27.6. The fraction of sp³-hybridized carbons (Fsp3) is 0.586. The number of anilines is 1. The molecule has 37 heavy (non-hydrogen) atoms. The van der Waals surface area contributed by atoms with Crippen molar-refractivity contribution in [2.24, 2.45) is 0 Å². The molecule has 1 aliphatic carbocycles. The summed E-state index contributed by atoms with van der Waals surface area (Å²) in [5.74, 6) is -0.407. The Morgan fingerprint density at radius 2 is 1.73 bits per heavy atom. The standard InChI is InChI=1S/C29H43NO5SSi/c1-10-33-25(31)23-21-16-17-29(20-14-12-11-13-15-20,19-34-37(8,9)28(5,6)7)18-22(21)36-24(23)30-26(32)35-27(2,3)4/h11-15H,10,16-19H2,1-9H3,(H,30,32). The molecule has 0 spiro atoms. The Morgan fingerprint density at radius 1 is 1.08 bits per heavy atom. The van der Waals surface area contributed by atoms with Gasteiger partial charge in [-0.15, -0.1) is 11.3 Å². The van der Waals surface area contributed by atoms with Crippen molar-refractivity contribution in [2.45, 2.75) is 96.9 Å². The first-order valence-corrected chi connectivity index (χ1v) is 16.8. The number of hydrogen-bond acceptors (Lipinski definition) is 6. The molecule has 8 heteroatoms. The van der Waals surface area contributed by atoms with E-state index in [9.17, 15) is 9.59 Å². The van der Waals surface area contributed by atoms with Crippen LogP contribution < -0.4 is 5.32 Å². The van der Waals surface area contributed by atoms with Gasteiger partial charge in [-0.2, -0.15) is 0 Å². The number of fused-ring (bicyclic) bond motifs is 1. The van der Waals surface area contributed by atoms with Crippen LogP contribution in [0, 0.1) is 0 Å². The van der Waals surface area contributed by atoms with Gasteiger partial charge in [0.1, 0.15) is 10.6 Å². The fourth-order valence-corrected chi connectivity index (χ4v) is 6.80. The second-order valence-corrected chi connectivity index (χ2v) is 18.3. The number of nitrogens with one attached hydrogen (secondary N) is 1. The minimum absolute atomic E-state index is 0.106. The van der Waals surface area contributed by atoms with Crippen molar-refractivity contribution >= 4 is 36.7 Å². The van der Waals surface area contributed by atoms with Gasteiger partial charge in [0.05, 0.1) is 12.2 Å². The van der Waals surface area contributed by atoms with E-state index in [-0.39, 0.29) is 17.1 Å². The maximum atomic E-state index is 13.0. The summed E-state index contributed by atoms with van der Waals surface area (Å²) in [6, 6.07) is 10.5. The maximum absolute atomic E-state index is 13.0. The maximum Gasteiger partial charge on any atom is 0.412 e. The first kappa shape index (κ1) is 29.4. The van der Waals surface area contributed by atoms with Crippen molar-refractivity contribution in [1.29, 1.82) is 0 Å². The van der Waals surface area contributed by atoms with Gasteiger partial charge >= 0.3 is 12.1 Å². The molecule has 1 N–H and O–H groups in total. The first-order valence-electron chi connectivity index (χ1n) is 13.1. The molecule has 0 bridgehead atoms. The molecule has 0 saturated carbocycles. The summed E-state index contributed by atoms with van der Waals surface area (Å²) in [6.07, 6.45) is 1.69. The average molecular weight is 546 g/mol. The Balaban J connectivity index is 2.02. The van der Waals surface area contributed by atoms with Crippen molar-refractivity contribution in [3.8, 4) is 0 Å². The third-order valence-electron chi connectivity index (χ3n) is 7.44. The van der Waals surface area contributed by atoms with E-state index in [0.717, 1.165) is 23.3 Å². The highest BCUT2D eigenvalue weighted by atomic mass is 32.1. The van der Waals surface area contributed by atoms with Gasteiger partial charge in [-0.25, -0.2) is 9.59 Å². The van der Waals surface area contributed by atoms with Gasteiger partial charge in [-0.05, 0) is 76.2 Å². The molecule has 6 nitrogen and oxygen atoms in total. The second kappa shape index (κ2) is 10.9. The highest BCUT2D eigenvalue weighted by molar-refractivity contribution is 7.17. The number of benzene rings is 1. The van der Waals surface area contributed by atoms with Crippen LogP contribution in [0.25, 0.3) is 0 Å². The van der Waals surface area contributed by atoms with Crippen molar-refractivity contribution in [3.05, 3.63) is 51.9 Å². The minimum Gasteiger partial charge on any atom is -0.462 e. The molecule has 3 rings (SSSR count). The molecule has 0 radical (unpaired) electrons. The van der Waals surface area contributed by atoms with Gasteiger partial charge in [-0.1, -0.05) is 51.1 Å². The van der Waals surface area contributed by atoms with E-state index in [2.05, 4.69) is 63.4 Å². The van der Waals surface area contributed by atoms with E-state index in [4.69, 9.17) is 13.9 Å². The Morgan fingerprint density at radius 3 is 2.30 bits per heavy atom. The molecule has 1 aliphatic rings. The summed E-state index contributed by atoms with van der Waals surface area (Å²) in [7, 11) is -1.98. The number of carbonyl (C=O) groups is 2. The SMILES string of the molecule is CCOC(=O)c1c(NC(=O)OC(C)(C)C)sc2c1CCC(CO[Si](C)(C)C(C)(C)C)(c1ccccc1)C2. The molecule has 2 aromatic rings. The van der Waals surface area contributed by atoms with Crippen molar-refractivity contribution in [3.63, 3.8) is 0 Å². The molecule has 1 aromatic carbocycles. The number of hydrogen-bond donors (Lipinski definition) is 1. The topological polar surface area (TPSA) is 73.9 Å². The molecule has 1 unspecified atom stereocenters. The number of ether oxygens (including phenoxy) is 2. The van der Waals surface area contributed by atoms with Gasteiger partial charge in [0, 0.05) is 16.9 Å². The number of carbonyl (C=O) groups excluding carboxylic acids is 2. The monoisotopic (exact) mass is 545 g/mol. The van der Waals surface area contributed by atoms with Gasteiger partial charge in [-0.3, -0.25) is 5.32 Å². The average Bonchev–Trinajstić information content (AvgIpc) is 3.13. The van der Waals surface area contributed by atoms with E-state index in [1.54, 1.807) is 6.92 Å². The lowest BCUT2D eigenvalue weighted by Crippen LogP contribution is -2.47. The van der Waals surface area contributed by atoms with Gasteiger partial charge in [0.15, 0.2) is 8.32 Å². The van der Waals surface area contributed by atoms with Crippen LogP contribution in [-0.4, -0.2) is 39.2 Å². The quantitative estimate of drug-likeness (QED) is 0.285. The smallest absolute Gasteiger partial charge is 0.412 e. The predicted octanol–water partition coefficient (Wildman–Crippen LogP) is 7.72. The molecule has 0 fully saturated rings. The summed E-state index contributed by atoms with van der Waals surface area (Å²) in [5, 5.41) is 3.44. The van der Waals surface area contributed by atoms with E-state index in [0.29, 0.717) is 23.6 Å². The highest BCUT2D eigenvalue weighted by Gasteiger charge is 2.44. The van der Waals surface area contributed by atoms with Crippen LogP contribution in [-0.2, 0) is 32.2 Å². The third kappa shape index (κ3) is 6.83. The summed E-state index contributed by atoms with van der Waals surface area (Å²) in [5.41, 5.74) is 1.80. The van der Waals surface area contributed by atoms with E-state index in [1.165, 1.54) is 16.9 Å². The Kier molecular flexibility index (Phi) is 8.66. The largest absolute Gasteiger partial charge is 0.462 e. The fourth-order valence-electron chi connectivity index (χ4n) is 4.36. The Hall–Kier alpha value is -2.16.